The Morgan fingerprint density at radius 2 is 2.24 bits per heavy atom. The molecule has 0 radical (unpaired) electrons. The number of Topliss-reactive ketones (excluding diaryl/α,β-unsaturated/α-hetero) is 1. The van der Waals surface area contributed by atoms with Crippen LogP contribution in [0.2, 0.25) is 0 Å². The monoisotopic (exact) mass is 309 g/mol. The van der Waals surface area contributed by atoms with Gasteiger partial charge in [-0.3, -0.25) is 4.79 Å². The van der Waals surface area contributed by atoms with Crippen LogP contribution in [0.4, 0.5) is 0 Å². The fourth-order valence-electron chi connectivity index (χ4n) is 1.63. The lowest BCUT2D eigenvalue weighted by Crippen LogP contribution is -2.06. The Hall–Kier alpha value is -1.000. The summed E-state index contributed by atoms with van der Waals surface area (Å²) < 4.78 is 1.01. The predicted molar refractivity (Wildman–Crippen MR) is 73.4 cm³/mol. The van der Waals surface area contributed by atoms with Gasteiger partial charge in [-0.15, -0.1) is 11.3 Å². The number of ketones is 1. The molecule has 0 spiro atoms. The van der Waals surface area contributed by atoms with Crippen molar-refractivity contribution in [1.29, 1.82) is 0 Å². The smallest absolute Gasteiger partial charge is 0.143 e. The number of aryl methyl sites for hydroxylation is 1. The highest BCUT2D eigenvalue weighted by Crippen LogP contribution is 2.14. The fourth-order valence-corrected chi connectivity index (χ4v) is 2.69. The first-order valence-electron chi connectivity index (χ1n) is 5.30. The molecule has 0 N–H and O–H groups in total. The van der Waals surface area contributed by atoms with E-state index in [2.05, 4.69) is 20.9 Å². The van der Waals surface area contributed by atoms with E-state index in [0.717, 1.165) is 20.7 Å². The molecule has 1 aromatic carbocycles. The van der Waals surface area contributed by atoms with E-state index >= 15 is 0 Å². The van der Waals surface area contributed by atoms with Crippen molar-refractivity contribution in [2.75, 3.05) is 0 Å². The maximum atomic E-state index is 11.9. The Morgan fingerprint density at radius 3 is 2.88 bits per heavy atom. The Morgan fingerprint density at radius 1 is 1.41 bits per heavy atom. The molecule has 4 heteroatoms. The number of nitrogens with zero attached hydrogens (tertiary/aromatic N) is 1. The molecular formula is C13H12BrNOS. The Kier molecular flexibility index (Phi) is 4.07. The third-order valence-electron chi connectivity index (χ3n) is 2.34. The molecule has 0 atom stereocenters. The highest BCUT2D eigenvalue weighted by atomic mass is 79.9. The van der Waals surface area contributed by atoms with E-state index in [1.54, 1.807) is 11.3 Å². The molecule has 0 saturated heterocycles. The van der Waals surface area contributed by atoms with Crippen LogP contribution < -0.4 is 0 Å². The lowest BCUT2D eigenvalue weighted by molar-refractivity contribution is -0.117. The summed E-state index contributed by atoms with van der Waals surface area (Å²) in [6, 6.07) is 7.84. The summed E-state index contributed by atoms with van der Waals surface area (Å²) in [7, 11) is 0. The molecule has 17 heavy (non-hydrogen) atoms. The molecule has 88 valence electrons. The lowest BCUT2D eigenvalue weighted by atomic mass is 10.1. The first-order valence-corrected chi connectivity index (χ1v) is 6.98. The maximum absolute atomic E-state index is 11.9. The van der Waals surface area contributed by atoms with Crippen LogP contribution in [0.25, 0.3) is 0 Å². The van der Waals surface area contributed by atoms with Crippen LogP contribution in [0.15, 0.2) is 34.1 Å². The molecule has 0 saturated carbocycles. The molecule has 2 aromatic rings. The second kappa shape index (κ2) is 5.56. The van der Waals surface area contributed by atoms with E-state index in [1.165, 1.54) is 0 Å². The molecule has 0 aliphatic rings. The van der Waals surface area contributed by atoms with Crippen LogP contribution >= 0.6 is 27.3 Å². The van der Waals surface area contributed by atoms with Crippen molar-refractivity contribution in [3.8, 4) is 0 Å². The summed E-state index contributed by atoms with van der Waals surface area (Å²) in [6.07, 6.45) is 0.896. The highest BCUT2D eigenvalue weighted by molar-refractivity contribution is 9.10. The van der Waals surface area contributed by atoms with Gasteiger partial charge in [-0.25, -0.2) is 4.98 Å². The lowest BCUT2D eigenvalue weighted by Gasteiger charge is -2.00. The Labute approximate surface area is 113 Å². The summed E-state index contributed by atoms with van der Waals surface area (Å²) >= 11 is 4.98. The van der Waals surface area contributed by atoms with Gasteiger partial charge in [0.1, 0.15) is 5.78 Å². The number of thiazole rings is 1. The number of hydrogen-bond acceptors (Lipinski definition) is 3. The van der Waals surface area contributed by atoms with Gasteiger partial charge >= 0.3 is 0 Å². The number of carbonyl (C=O) groups excluding carboxylic acids is 1. The summed E-state index contributed by atoms with van der Waals surface area (Å²) in [5.41, 5.74) is 1.92. The van der Waals surface area contributed by atoms with E-state index in [-0.39, 0.29) is 5.78 Å². The van der Waals surface area contributed by atoms with Gasteiger partial charge in [-0.2, -0.15) is 0 Å². The summed E-state index contributed by atoms with van der Waals surface area (Å²) in [5.74, 6) is 0.202. The normalized spacial score (nSPS) is 10.5. The van der Waals surface area contributed by atoms with Gasteiger partial charge in [0.05, 0.1) is 10.7 Å². The van der Waals surface area contributed by atoms with Crippen LogP contribution in [0.5, 0.6) is 0 Å². The molecule has 0 fully saturated rings. The second-order valence-corrected chi connectivity index (χ2v) is 5.86. The van der Waals surface area contributed by atoms with E-state index in [9.17, 15) is 4.79 Å². The molecule has 0 amide bonds. The van der Waals surface area contributed by atoms with Crippen molar-refractivity contribution in [2.45, 2.75) is 19.8 Å². The van der Waals surface area contributed by atoms with Gasteiger partial charge in [-0.1, -0.05) is 28.1 Å². The van der Waals surface area contributed by atoms with Crippen molar-refractivity contribution in [3.63, 3.8) is 0 Å². The van der Waals surface area contributed by atoms with E-state index in [1.807, 2.05) is 36.6 Å². The molecule has 0 bridgehead atoms. The van der Waals surface area contributed by atoms with Gasteiger partial charge in [0.25, 0.3) is 0 Å². The number of halogens is 1. The molecule has 0 unspecified atom stereocenters. The van der Waals surface area contributed by atoms with Crippen LogP contribution in [0, 0.1) is 6.92 Å². The van der Waals surface area contributed by atoms with Crippen molar-refractivity contribution < 1.29 is 4.79 Å². The van der Waals surface area contributed by atoms with Gasteiger partial charge < -0.3 is 0 Å². The average Bonchev–Trinajstić information content (AvgIpc) is 2.63. The number of aromatic nitrogens is 1. The molecule has 2 rings (SSSR count). The van der Waals surface area contributed by atoms with Crippen LogP contribution in [-0.4, -0.2) is 10.8 Å². The molecule has 0 aliphatic heterocycles. The van der Waals surface area contributed by atoms with Crippen molar-refractivity contribution in [1.82, 2.24) is 4.98 Å². The summed E-state index contributed by atoms with van der Waals surface area (Å²) in [5, 5.41) is 2.96. The van der Waals surface area contributed by atoms with Crippen LogP contribution in [0.3, 0.4) is 0 Å². The van der Waals surface area contributed by atoms with E-state index < -0.39 is 0 Å². The van der Waals surface area contributed by atoms with Crippen LogP contribution in [0.1, 0.15) is 16.3 Å². The zero-order valence-corrected chi connectivity index (χ0v) is 11.8. The van der Waals surface area contributed by atoms with E-state index in [4.69, 9.17) is 0 Å². The minimum absolute atomic E-state index is 0.202. The largest absolute Gasteiger partial charge is 0.299 e. The standard InChI is InChI=1S/C13H12BrNOS/c1-9-15-12(8-17-9)7-13(16)6-10-3-2-4-11(14)5-10/h2-5,8H,6-7H2,1H3. The number of rotatable bonds is 4. The molecule has 1 aromatic heterocycles. The Balaban J connectivity index is 1.98. The van der Waals surface area contributed by atoms with Crippen molar-refractivity contribution >= 4 is 33.0 Å². The number of hydrogen-bond donors (Lipinski definition) is 0. The zero-order valence-electron chi connectivity index (χ0n) is 9.44. The number of carbonyl (C=O) groups is 1. The molecular weight excluding hydrogens is 298 g/mol. The molecule has 2 nitrogen and oxygen atoms in total. The van der Waals surface area contributed by atoms with Crippen molar-refractivity contribution in [2.24, 2.45) is 0 Å². The van der Waals surface area contributed by atoms with Crippen LogP contribution in [-0.2, 0) is 17.6 Å². The molecule has 0 aliphatic carbocycles. The van der Waals surface area contributed by atoms with Gasteiger partial charge in [0.2, 0.25) is 0 Å². The highest BCUT2D eigenvalue weighted by Gasteiger charge is 2.07. The maximum Gasteiger partial charge on any atom is 0.143 e. The second-order valence-electron chi connectivity index (χ2n) is 3.88. The van der Waals surface area contributed by atoms with Crippen molar-refractivity contribution in [3.05, 3.63) is 50.4 Å². The SMILES string of the molecule is Cc1nc(CC(=O)Cc2cccc(Br)c2)cs1. The minimum Gasteiger partial charge on any atom is -0.299 e. The zero-order chi connectivity index (χ0) is 12.3. The van der Waals surface area contributed by atoms with Gasteiger partial charge in [0, 0.05) is 22.7 Å². The first-order chi connectivity index (χ1) is 8.13. The summed E-state index contributed by atoms with van der Waals surface area (Å²) in [6.45, 7) is 1.95. The summed E-state index contributed by atoms with van der Waals surface area (Å²) in [4.78, 5) is 16.2. The quantitative estimate of drug-likeness (QED) is 0.864. The third-order valence-corrected chi connectivity index (χ3v) is 3.65. The average molecular weight is 310 g/mol. The third kappa shape index (κ3) is 3.75. The van der Waals surface area contributed by atoms with Gasteiger partial charge in [-0.05, 0) is 24.6 Å². The number of benzene rings is 1. The minimum atomic E-state index is 0.202. The topological polar surface area (TPSA) is 30.0 Å². The first kappa shape index (κ1) is 12.5. The van der Waals surface area contributed by atoms with Gasteiger partial charge in [0.15, 0.2) is 0 Å². The fraction of sp³-hybridized carbons (Fsp3) is 0.231. The van der Waals surface area contributed by atoms with E-state index in [0.29, 0.717) is 12.8 Å². The predicted octanol–water partition coefficient (Wildman–Crippen LogP) is 3.57. The Bertz CT molecular complexity index is 536. The molecule has 1 heterocycles.